The molecule has 0 aromatic carbocycles. The highest BCUT2D eigenvalue weighted by atomic mass is 16.5. The number of carbonyl (C=O) groups is 1. The van der Waals surface area contributed by atoms with Crippen molar-refractivity contribution < 1.29 is 24.9 Å². The maximum absolute atomic E-state index is 12.1. The van der Waals surface area contributed by atoms with Crippen molar-refractivity contribution in [3.05, 3.63) is 0 Å². The Bertz CT molecular complexity index is 498. The van der Waals surface area contributed by atoms with E-state index in [-0.39, 0.29) is 6.42 Å². The number of carbonyl (C=O) groups excluding carboxylic acids is 1. The summed E-state index contributed by atoms with van der Waals surface area (Å²) in [5.41, 5.74) is -1.50. The maximum atomic E-state index is 12.1. The van der Waals surface area contributed by atoms with E-state index in [1.54, 1.807) is 0 Å². The number of hydrogen-bond donors (Lipinski definition) is 2. The molecule has 0 fully saturated rings. The van der Waals surface area contributed by atoms with Gasteiger partial charge in [0.05, 0.1) is 18.7 Å². The van der Waals surface area contributed by atoms with Crippen molar-refractivity contribution in [1.82, 2.24) is 0 Å². The Kier molecular flexibility index (Phi) is 27.4. The zero-order valence-corrected chi connectivity index (χ0v) is 25.5. The molecule has 0 aromatic rings. The molecular weight excluding hydrogens is 476 g/mol. The summed E-state index contributed by atoms with van der Waals surface area (Å²) in [7, 11) is 0. The average molecular weight is 542 g/mol. The standard InChI is InChI=1S/C33H66O5/c1-3-5-7-9-11-12-13-14-15-16-17-18-19-20-21-22-23-25-27-33(32(36)37,29-31(35)30-34)38-28-26-24-10-8-6-4-2/h31,34-35H,3-30H2,1-2H3,(H,36,37)/p-1. The predicted molar refractivity (Wildman–Crippen MR) is 158 cm³/mol. The van der Waals surface area contributed by atoms with Crippen LogP contribution < -0.4 is 5.11 Å². The molecule has 0 spiro atoms. The first-order valence-corrected chi connectivity index (χ1v) is 16.7. The normalized spacial score (nSPS) is 14.0. The number of ether oxygens (including phenoxy) is 1. The summed E-state index contributed by atoms with van der Waals surface area (Å²) in [6, 6.07) is 0. The molecule has 0 aliphatic rings. The lowest BCUT2D eigenvalue weighted by atomic mass is 9.89. The summed E-state index contributed by atoms with van der Waals surface area (Å²) in [6.07, 6.45) is 28.9. The number of carboxylic acids is 1. The minimum atomic E-state index is -1.50. The van der Waals surface area contributed by atoms with E-state index in [9.17, 15) is 20.1 Å². The number of aliphatic hydroxyl groups is 2. The molecule has 0 bridgehead atoms. The van der Waals surface area contributed by atoms with Gasteiger partial charge in [-0.2, -0.15) is 0 Å². The van der Waals surface area contributed by atoms with Gasteiger partial charge in [0.25, 0.3) is 0 Å². The molecule has 0 aliphatic heterocycles. The minimum Gasteiger partial charge on any atom is -0.547 e. The van der Waals surface area contributed by atoms with Gasteiger partial charge in [0.2, 0.25) is 0 Å². The molecular formula is C33H65O5-. The summed E-state index contributed by atoms with van der Waals surface area (Å²) < 4.78 is 5.87. The van der Waals surface area contributed by atoms with Crippen LogP contribution >= 0.6 is 0 Å². The van der Waals surface area contributed by atoms with E-state index in [0.29, 0.717) is 13.0 Å². The Morgan fingerprint density at radius 3 is 1.32 bits per heavy atom. The summed E-state index contributed by atoms with van der Waals surface area (Å²) in [5, 5.41) is 31.3. The molecule has 2 unspecified atom stereocenters. The lowest BCUT2D eigenvalue weighted by Crippen LogP contribution is -2.52. The first-order chi connectivity index (χ1) is 18.5. The number of aliphatic carboxylic acids is 1. The van der Waals surface area contributed by atoms with Crippen molar-refractivity contribution in [3.8, 4) is 0 Å². The zero-order valence-electron chi connectivity index (χ0n) is 25.5. The highest BCUT2D eigenvalue weighted by Crippen LogP contribution is 2.27. The lowest BCUT2D eigenvalue weighted by Gasteiger charge is -2.36. The molecule has 2 atom stereocenters. The molecule has 228 valence electrons. The second-order valence-electron chi connectivity index (χ2n) is 11.7. The molecule has 5 nitrogen and oxygen atoms in total. The fraction of sp³-hybridized carbons (Fsp3) is 0.970. The van der Waals surface area contributed by atoms with Crippen LogP contribution in [0.4, 0.5) is 0 Å². The highest BCUT2D eigenvalue weighted by molar-refractivity contribution is 5.75. The molecule has 38 heavy (non-hydrogen) atoms. The maximum Gasteiger partial charge on any atom is 0.110 e. The van der Waals surface area contributed by atoms with Crippen LogP contribution in [-0.4, -0.2) is 41.1 Å². The van der Waals surface area contributed by atoms with Crippen LogP contribution in [0.5, 0.6) is 0 Å². The van der Waals surface area contributed by atoms with Crippen molar-refractivity contribution in [1.29, 1.82) is 0 Å². The van der Waals surface area contributed by atoms with Gasteiger partial charge in [-0.05, 0) is 12.8 Å². The zero-order chi connectivity index (χ0) is 28.2. The van der Waals surface area contributed by atoms with Crippen molar-refractivity contribution >= 4 is 5.97 Å². The van der Waals surface area contributed by atoms with Crippen LogP contribution in [0.2, 0.25) is 0 Å². The Labute approximate surface area is 236 Å². The van der Waals surface area contributed by atoms with Crippen molar-refractivity contribution in [2.24, 2.45) is 0 Å². The third-order valence-corrected chi connectivity index (χ3v) is 7.96. The van der Waals surface area contributed by atoms with Gasteiger partial charge in [-0.3, -0.25) is 0 Å². The number of unbranched alkanes of at least 4 members (excludes halogenated alkanes) is 22. The molecule has 2 N–H and O–H groups in total. The van der Waals surface area contributed by atoms with E-state index < -0.39 is 24.3 Å². The Balaban J connectivity index is 3.92. The molecule has 0 amide bonds. The Morgan fingerprint density at radius 2 is 0.974 bits per heavy atom. The topological polar surface area (TPSA) is 89.8 Å². The van der Waals surface area contributed by atoms with Crippen LogP contribution in [0.15, 0.2) is 0 Å². The largest absolute Gasteiger partial charge is 0.547 e. The van der Waals surface area contributed by atoms with E-state index in [1.807, 2.05) is 0 Å². The van der Waals surface area contributed by atoms with Gasteiger partial charge in [0.15, 0.2) is 0 Å². The van der Waals surface area contributed by atoms with Gasteiger partial charge in [-0.25, -0.2) is 0 Å². The first-order valence-electron chi connectivity index (χ1n) is 16.7. The number of carboxylic acid groups (broad SMARTS) is 1. The fourth-order valence-electron chi connectivity index (χ4n) is 5.38. The number of rotatable bonds is 31. The number of hydrogen-bond acceptors (Lipinski definition) is 5. The van der Waals surface area contributed by atoms with Crippen LogP contribution in [0, 0.1) is 0 Å². The molecule has 5 heteroatoms. The van der Waals surface area contributed by atoms with Crippen molar-refractivity contribution in [2.75, 3.05) is 13.2 Å². The fourth-order valence-corrected chi connectivity index (χ4v) is 5.38. The quantitative estimate of drug-likeness (QED) is 0.0867. The molecule has 0 saturated heterocycles. The van der Waals surface area contributed by atoms with Gasteiger partial charge >= 0.3 is 0 Å². The third-order valence-electron chi connectivity index (χ3n) is 7.96. The van der Waals surface area contributed by atoms with Crippen LogP contribution in [0.1, 0.15) is 181 Å². The smallest absolute Gasteiger partial charge is 0.110 e. The molecule has 0 radical (unpaired) electrons. The SMILES string of the molecule is CCCCCCCCCCCCCCCCCCCCC(CC(O)CO)(OCCCCCCCC)C(=O)[O-]. The van der Waals surface area contributed by atoms with E-state index >= 15 is 0 Å². The van der Waals surface area contributed by atoms with Crippen LogP contribution in [-0.2, 0) is 9.53 Å². The van der Waals surface area contributed by atoms with Gasteiger partial charge < -0.3 is 24.9 Å². The van der Waals surface area contributed by atoms with E-state index in [0.717, 1.165) is 38.5 Å². The molecule has 0 rings (SSSR count). The molecule has 0 heterocycles. The Hall–Kier alpha value is -0.650. The van der Waals surface area contributed by atoms with E-state index in [2.05, 4.69) is 13.8 Å². The summed E-state index contributed by atoms with van der Waals surface area (Å²) >= 11 is 0. The molecule has 0 saturated carbocycles. The van der Waals surface area contributed by atoms with E-state index in [1.165, 1.54) is 116 Å². The summed E-state index contributed by atoms with van der Waals surface area (Å²) in [6.45, 7) is 4.35. The summed E-state index contributed by atoms with van der Waals surface area (Å²) in [4.78, 5) is 12.1. The number of aliphatic hydroxyl groups excluding tert-OH is 2. The first kappa shape index (κ1) is 37.4. The average Bonchev–Trinajstić information content (AvgIpc) is 2.91. The molecule has 0 aliphatic carbocycles. The van der Waals surface area contributed by atoms with Crippen molar-refractivity contribution in [2.45, 2.75) is 192 Å². The third kappa shape index (κ3) is 22.2. The Morgan fingerprint density at radius 1 is 0.632 bits per heavy atom. The summed E-state index contributed by atoms with van der Waals surface area (Å²) in [5.74, 6) is -1.26. The van der Waals surface area contributed by atoms with E-state index in [4.69, 9.17) is 4.74 Å². The van der Waals surface area contributed by atoms with Gasteiger partial charge in [-0.15, -0.1) is 0 Å². The predicted octanol–water partition coefficient (Wildman–Crippen LogP) is 8.03. The lowest BCUT2D eigenvalue weighted by molar-refractivity contribution is -0.330. The van der Waals surface area contributed by atoms with Gasteiger partial charge in [0, 0.05) is 13.0 Å². The molecule has 0 aromatic heterocycles. The van der Waals surface area contributed by atoms with Crippen LogP contribution in [0.25, 0.3) is 0 Å². The van der Waals surface area contributed by atoms with Gasteiger partial charge in [-0.1, -0.05) is 162 Å². The van der Waals surface area contributed by atoms with Crippen molar-refractivity contribution in [3.63, 3.8) is 0 Å². The second kappa shape index (κ2) is 27.9. The highest BCUT2D eigenvalue weighted by Gasteiger charge is 2.34. The monoisotopic (exact) mass is 541 g/mol. The van der Waals surface area contributed by atoms with Crippen LogP contribution in [0.3, 0.4) is 0 Å². The van der Waals surface area contributed by atoms with Gasteiger partial charge in [0.1, 0.15) is 5.60 Å². The second-order valence-corrected chi connectivity index (χ2v) is 11.7. The minimum absolute atomic E-state index is 0.110.